The average molecular weight is 257 g/mol. The Morgan fingerprint density at radius 1 is 1.21 bits per heavy atom. The lowest BCUT2D eigenvalue weighted by Gasteiger charge is -2.28. The molecule has 0 atom stereocenters. The van der Waals surface area contributed by atoms with Gasteiger partial charge in [0.05, 0.1) is 6.20 Å². The molecule has 3 rings (SSSR count). The maximum Gasteiger partial charge on any atom is 0.141 e. The van der Waals surface area contributed by atoms with Crippen LogP contribution in [0, 0.1) is 5.82 Å². The summed E-state index contributed by atoms with van der Waals surface area (Å²) in [7, 11) is 0. The van der Waals surface area contributed by atoms with E-state index in [1.165, 1.54) is 17.3 Å². The lowest BCUT2D eigenvalue weighted by Crippen LogP contribution is -2.30. The van der Waals surface area contributed by atoms with E-state index in [1.807, 2.05) is 12.1 Å². The summed E-state index contributed by atoms with van der Waals surface area (Å²) >= 11 is 0. The summed E-state index contributed by atoms with van der Waals surface area (Å²) in [4.78, 5) is 6.18. The summed E-state index contributed by atoms with van der Waals surface area (Å²) in [5.41, 5.74) is 10.2. The van der Waals surface area contributed by atoms with Gasteiger partial charge in [0.15, 0.2) is 0 Å². The van der Waals surface area contributed by atoms with Gasteiger partial charge in [-0.3, -0.25) is 9.88 Å². The van der Waals surface area contributed by atoms with Gasteiger partial charge in [0.25, 0.3) is 0 Å². The van der Waals surface area contributed by atoms with Crippen molar-refractivity contribution >= 4 is 5.69 Å². The van der Waals surface area contributed by atoms with Crippen LogP contribution in [0.4, 0.5) is 10.1 Å². The zero-order chi connectivity index (χ0) is 13.2. The summed E-state index contributed by atoms with van der Waals surface area (Å²) in [6.45, 7) is 2.56. The SMILES string of the molecule is Nc1ccc2c(c1)CN(Cc1cncc(F)c1)CC2. The molecule has 2 N–H and O–H groups in total. The smallest absolute Gasteiger partial charge is 0.141 e. The summed E-state index contributed by atoms with van der Waals surface area (Å²) in [6, 6.07) is 7.63. The Bertz CT molecular complexity index is 598. The number of nitrogens with two attached hydrogens (primary N) is 1. The molecular weight excluding hydrogens is 241 g/mol. The van der Waals surface area contributed by atoms with E-state index in [1.54, 1.807) is 12.3 Å². The molecule has 1 aromatic carbocycles. The van der Waals surface area contributed by atoms with Crippen LogP contribution >= 0.6 is 0 Å². The van der Waals surface area contributed by atoms with E-state index in [2.05, 4.69) is 16.0 Å². The Labute approximate surface area is 111 Å². The third-order valence-electron chi connectivity index (χ3n) is 3.49. The van der Waals surface area contributed by atoms with Crippen molar-refractivity contribution in [2.24, 2.45) is 0 Å². The van der Waals surface area contributed by atoms with Gasteiger partial charge in [-0.05, 0) is 41.3 Å². The maximum atomic E-state index is 13.1. The van der Waals surface area contributed by atoms with Crippen LogP contribution in [-0.2, 0) is 19.5 Å². The van der Waals surface area contributed by atoms with E-state index in [4.69, 9.17) is 5.73 Å². The molecular formula is C15H16FN3. The van der Waals surface area contributed by atoms with E-state index in [0.717, 1.165) is 37.3 Å². The molecule has 0 bridgehead atoms. The molecule has 3 nitrogen and oxygen atoms in total. The minimum Gasteiger partial charge on any atom is -0.399 e. The fourth-order valence-electron chi connectivity index (χ4n) is 2.57. The Morgan fingerprint density at radius 2 is 2.11 bits per heavy atom. The first-order valence-electron chi connectivity index (χ1n) is 6.40. The summed E-state index contributed by atoms with van der Waals surface area (Å²) in [5, 5.41) is 0. The molecule has 2 aromatic rings. The fourth-order valence-corrected chi connectivity index (χ4v) is 2.57. The standard InChI is InChI=1S/C15H16FN3/c16-14-5-11(7-18-8-14)9-19-4-3-12-1-2-15(17)6-13(12)10-19/h1-2,5-8H,3-4,9-10,17H2. The number of fused-ring (bicyclic) bond motifs is 1. The highest BCUT2D eigenvalue weighted by Crippen LogP contribution is 2.22. The first kappa shape index (κ1) is 12.1. The number of nitrogen functional groups attached to an aromatic ring is 1. The minimum absolute atomic E-state index is 0.279. The van der Waals surface area contributed by atoms with Crippen LogP contribution in [0.15, 0.2) is 36.7 Å². The first-order valence-corrected chi connectivity index (χ1v) is 6.40. The van der Waals surface area contributed by atoms with Gasteiger partial charge in [-0.1, -0.05) is 6.07 Å². The highest BCUT2D eigenvalue weighted by molar-refractivity contribution is 5.45. The molecule has 0 unspecified atom stereocenters. The van der Waals surface area contributed by atoms with Gasteiger partial charge in [0.1, 0.15) is 5.82 Å². The number of nitrogens with zero attached hydrogens (tertiary/aromatic N) is 2. The predicted molar refractivity (Wildman–Crippen MR) is 72.9 cm³/mol. The Balaban J connectivity index is 1.75. The molecule has 1 aromatic heterocycles. The van der Waals surface area contributed by atoms with Crippen LogP contribution in [0.5, 0.6) is 0 Å². The molecule has 0 fully saturated rings. The van der Waals surface area contributed by atoms with Gasteiger partial charge in [0, 0.05) is 31.5 Å². The zero-order valence-corrected chi connectivity index (χ0v) is 10.6. The monoisotopic (exact) mass is 257 g/mol. The summed E-state index contributed by atoms with van der Waals surface area (Å²) in [5.74, 6) is -0.279. The highest BCUT2D eigenvalue weighted by atomic mass is 19.1. The van der Waals surface area contributed by atoms with E-state index in [0.29, 0.717) is 0 Å². The number of aromatic nitrogens is 1. The van der Waals surface area contributed by atoms with E-state index < -0.39 is 0 Å². The number of rotatable bonds is 2. The van der Waals surface area contributed by atoms with Crippen molar-refractivity contribution in [2.45, 2.75) is 19.5 Å². The van der Waals surface area contributed by atoms with Crippen LogP contribution in [0.25, 0.3) is 0 Å². The fraction of sp³-hybridized carbons (Fsp3) is 0.267. The van der Waals surface area contributed by atoms with Gasteiger partial charge in [-0.2, -0.15) is 0 Å². The molecule has 0 saturated heterocycles. The van der Waals surface area contributed by atoms with Crippen molar-refractivity contribution in [3.63, 3.8) is 0 Å². The molecule has 98 valence electrons. The van der Waals surface area contributed by atoms with Gasteiger partial charge >= 0.3 is 0 Å². The predicted octanol–water partition coefficient (Wildman–Crippen LogP) is 2.36. The number of hydrogen-bond acceptors (Lipinski definition) is 3. The molecule has 0 spiro atoms. The lowest BCUT2D eigenvalue weighted by molar-refractivity contribution is 0.245. The average Bonchev–Trinajstić information content (AvgIpc) is 2.38. The number of hydrogen-bond donors (Lipinski definition) is 1. The van der Waals surface area contributed by atoms with Crippen molar-refractivity contribution in [3.05, 3.63) is 59.2 Å². The normalized spacial score (nSPS) is 15.2. The quantitative estimate of drug-likeness (QED) is 0.840. The molecule has 0 aliphatic carbocycles. The van der Waals surface area contributed by atoms with E-state index in [-0.39, 0.29) is 5.82 Å². The number of halogens is 1. The zero-order valence-electron chi connectivity index (χ0n) is 10.6. The topological polar surface area (TPSA) is 42.1 Å². The molecule has 0 amide bonds. The van der Waals surface area contributed by atoms with Crippen molar-refractivity contribution in [3.8, 4) is 0 Å². The van der Waals surface area contributed by atoms with Crippen LogP contribution < -0.4 is 5.73 Å². The summed E-state index contributed by atoms with van der Waals surface area (Å²) < 4.78 is 13.1. The molecule has 0 radical (unpaired) electrons. The summed E-state index contributed by atoms with van der Waals surface area (Å²) in [6.07, 6.45) is 3.96. The molecule has 4 heteroatoms. The minimum atomic E-state index is -0.279. The lowest BCUT2D eigenvalue weighted by atomic mass is 9.99. The molecule has 2 heterocycles. The molecule has 0 saturated carbocycles. The van der Waals surface area contributed by atoms with Crippen LogP contribution in [0.2, 0.25) is 0 Å². The van der Waals surface area contributed by atoms with E-state index in [9.17, 15) is 4.39 Å². The number of anilines is 1. The van der Waals surface area contributed by atoms with E-state index >= 15 is 0 Å². The van der Waals surface area contributed by atoms with Crippen molar-refractivity contribution in [2.75, 3.05) is 12.3 Å². The van der Waals surface area contributed by atoms with Gasteiger partial charge in [0.2, 0.25) is 0 Å². The second-order valence-electron chi connectivity index (χ2n) is 5.00. The third-order valence-corrected chi connectivity index (χ3v) is 3.49. The Morgan fingerprint density at radius 3 is 2.95 bits per heavy atom. The van der Waals surface area contributed by atoms with Gasteiger partial charge < -0.3 is 5.73 Å². The van der Waals surface area contributed by atoms with Crippen LogP contribution in [0.3, 0.4) is 0 Å². The first-order chi connectivity index (χ1) is 9.20. The van der Waals surface area contributed by atoms with Crippen molar-refractivity contribution in [1.82, 2.24) is 9.88 Å². The largest absolute Gasteiger partial charge is 0.399 e. The maximum absolute atomic E-state index is 13.1. The third kappa shape index (κ3) is 2.74. The van der Waals surface area contributed by atoms with Crippen LogP contribution in [-0.4, -0.2) is 16.4 Å². The van der Waals surface area contributed by atoms with Gasteiger partial charge in [-0.25, -0.2) is 4.39 Å². The van der Waals surface area contributed by atoms with Gasteiger partial charge in [-0.15, -0.1) is 0 Å². The highest BCUT2D eigenvalue weighted by Gasteiger charge is 2.16. The Hall–Kier alpha value is -1.94. The van der Waals surface area contributed by atoms with Crippen molar-refractivity contribution < 1.29 is 4.39 Å². The van der Waals surface area contributed by atoms with Crippen molar-refractivity contribution in [1.29, 1.82) is 0 Å². The number of pyridine rings is 1. The molecule has 1 aliphatic rings. The molecule has 1 aliphatic heterocycles. The number of benzene rings is 1. The second kappa shape index (κ2) is 4.97. The molecule has 19 heavy (non-hydrogen) atoms. The second-order valence-corrected chi connectivity index (χ2v) is 5.00. The Kier molecular flexibility index (Phi) is 3.17. The van der Waals surface area contributed by atoms with Crippen LogP contribution in [0.1, 0.15) is 16.7 Å².